The second-order valence-corrected chi connectivity index (χ2v) is 3.50. The van der Waals surface area contributed by atoms with Crippen LogP contribution in [0, 0.1) is 0 Å². The highest BCUT2D eigenvalue weighted by atomic mass is 32.1. The number of halogens is 1. The summed E-state index contributed by atoms with van der Waals surface area (Å²) in [5.74, 6) is -1.59. The number of alkyl halides is 1. The molecule has 0 aliphatic heterocycles. The number of rotatable bonds is 4. The summed E-state index contributed by atoms with van der Waals surface area (Å²) >= 11 is 1.14. The molecule has 0 fully saturated rings. The second-order valence-electron chi connectivity index (χ2n) is 2.52. The van der Waals surface area contributed by atoms with Gasteiger partial charge in [-0.05, 0) is 11.4 Å². The monoisotopic (exact) mass is 200 g/mol. The van der Waals surface area contributed by atoms with E-state index in [1.54, 1.807) is 18.4 Å². The predicted molar refractivity (Wildman–Crippen MR) is 48.5 cm³/mol. The van der Waals surface area contributed by atoms with Crippen LogP contribution in [0.25, 0.3) is 0 Å². The van der Waals surface area contributed by atoms with E-state index >= 15 is 0 Å². The molecule has 4 heteroatoms. The quantitative estimate of drug-likeness (QED) is 0.699. The number of thiophene rings is 1. The lowest BCUT2D eigenvalue weighted by atomic mass is 10.1. The summed E-state index contributed by atoms with van der Waals surface area (Å²) in [5.41, 5.74) is 0. The Bertz CT molecular complexity index is 305. The van der Waals surface area contributed by atoms with Crippen molar-refractivity contribution in [2.45, 2.75) is 19.5 Å². The Morgan fingerprint density at radius 2 is 2.31 bits per heavy atom. The third kappa shape index (κ3) is 2.21. The molecule has 1 aromatic rings. The fraction of sp³-hybridized carbons (Fsp3) is 0.333. The molecule has 0 radical (unpaired) electrons. The summed E-state index contributed by atoms with van der Waals surface area (Å²) in [5, 5.41) is 1.67. The third-order valence-corrected chi connectivity index (χ3v) is 2.53. The molecule has 0 aliphatic carbocycles. The zero-order valence-electron chi connectivity index (χ0n) is 7.12. The van der Waals surface area contributed by atoms with Crippen LogP contribution < -0.4 is 0 Å². The van der Waals surface area contributed by atoms with Crippen molar-refractivity contribution in [1.82, 2.24) is 0 Å². The van der Waals surface area contributed by atoms with Gasteiger partial charge in [0.05, 0.1) is 0 Å². The van der Waals surface area contributed by atoms with Crippen LogP contribution in [0.4, 0.5) is 4.39 Å². The van der Waals surface area contributed by atoms with Crippen LogP contribution in [0.15, 0.2) is 17.5 Å². The van der Waals surface area contributed by atoms with Gasteiger partial charge in [0.1, 0.15) is 0 Å². The molecular formula is C9H9FO2S. The molecule has 0 aliphatic rings. The average Bonchev–Trinajstić information content (AvgIpc) is 2.67. The smallest absolute Gasteiger partial charge is 0.237 e. The van der Waals surface area contributed by atoms with E-state index in [4.69, 9.17) is 0 Å². The van der Waals surface area contributed by atoms with Crippen LogP contribution >= 0.6 is 11.3 Å². The molecular weight excluding hydrogens is 191 g/mol. The van der Waals surface area contributed by atoms with E-state index in [9.17, 15) is 14.0 Å². The SMILES string of the molecule is CCC(=O)C(=O)C(F)c1cccs1. The largest absolute Gasteiger partial charge is 0.291 e. The molecule has 0 bridgehead atoms. The maximum absolute atomic E-state index is 13.2. The molecule has 0 spiro atoms. The fourth-order valence-corrected chi connectivity index (χ4v) is 1.58. The third-order valence-electron chi connectivity index (χ3n) is 1.62. The number of ketones is 2. The van der Waals surface area contributed by atoms with Gasteiger partial charge in [0.2, 0.25) is 11.6 Å². The number of Topliss-reactive ketones (excluding diaryl/α,β-unsaturated/α-hetero) is 2. The van der Waals surface area contributed by atoms with Gasteiger partial charge in [0, 0.05) is 11.3 Å². The van der Waals surface area contributed by atoms with Crippen LogP contribution in [0.5, 0.6) is 0 Å². The van der Waals surface area contributed by atoms with E-state index in [1.165, 1.54) is 6.07 Å². The highest BCUT2D eigenvalue weighted by molar-refractivity contribution is 7.10. The van der Waals surface area contributed by atoms with E-state index in [1.807, 2.05) is 0 Å². The lowest BCUT2D eigenvalue weighted by Crippen LogP contribution is -2.17. The van der Waals surface area contributed by atoms with E-state index in [0.717, 1.165) is 11.3 Å². The van der Waals surface area contributed by atoms with Crippen molar-refractivity contribution in [2.24, 2.45) is 0 Å². The summed E-state index contributed by atoms with van der Waals surface area (Å²) in [4.78, 5) is 22.2. The Labute approximate surface area is 79.4 Å². The van der Waals surface area contributed by atoms with Crippen LogP contribution in [0.3, 0.4) is 0 Å². The Morgan fingerprint density at radius 3 is 2.77 bits per heavy atom. The Hall–Kier alpha value is -1.03. The first-order valence-electron chi connectivity index (χ1n) is 3.91. The summed E-state index contributed by atoms with van der Waals surface area (Å²) in [7, 11) is 0. The second kappa shape index (κ2) is 4.28. The predicted octanol–water partition coefficient (Wildman–Crippen LogP) is 2.31. The summed E-state index contributed by atoms with van der Waals surface area (Å²) in [6, 6.07) is 3.16. The van der Waals surface area contributed by atoms with Crippen LogP contribution in [0.1, 0.15) is 24.4 Å². The lowest BCUT2D eigenvalue weighted by molar-refractivity contribution is -0.139. The first kappa shape index (κ1) is 10.1. The molecule has 0 amide bonds. The van der Waals surface area contributed by atoms with Crippen molar-refractivity contribution < 1.29 is 14.0 Å². The minimum atomic E-state index is -1.77. The normalized spacial score (nSPS) is 12.5. The van der Waals surface area contributed by atoms with Gasteiger partial charge in [-0.25, -0.2) is 4.39 Å². The van der Waals surface area contributed by atoms with E-state index in [0.29, 0.717) is 4.88 Å². The molecule has 1 aromatic heterocycles. The molecule has 0 N–H and O–H groups in total. The van der Waals surface area contributed by atoms with Gasteiger partial charge in [0.15, 0.2) is 6.17 Å². The van der Waals surface area contributed by atoms with Crippen molar-refractivity contribution in [3.8, 4) is 0 Å². The maximum Gasteiger partial charge on any atom is 0.237 e. The molecule has 0 saturated heterocycles. The van der Waals surface area contributed by atoms with Crippen LogP contribution in [0.2, 0.25) is 0 Å². The minimum Gasteiger partial charge on any atom is -0.291 e. The van der Waals surface area contributed by atoms with Crippen molar-refractivity contribution >= 4 is 22.9 Å². The van der Waals surface area contributed by atoms with Gasteiger partial charge in [-0.1, -0.05) is 13.0 Å². The van der Waals surface area contributed by atoms with E-state index < -0.39 is 17.7 Å². The van der Waals surface area contributed by atoms with Gasteiger partial charge in [-0.3, -0.25) is 9.59 Å². The van der Waals surface area contributed by atoms with E-state index in [2.05, 4.69) is 0 Å². The highest BCUT2D eigenvalue weighted by Crippen LogP contribution is 2.23. The van der Waals surface area contributed by atoms with Crippen molar-refractivity contribution in [3.05, 3.63) is 22.4 Å². The molecule has 70 valence electrons. The molecule has 0 saturated carbocycles. The number of carbonyl (C=O) groups is 2. The summed E-state index contributed by atoms with van der Waals surface area (Å²) in [6.45, 7) is 1.54. The minimum absolute atomic E-state index is 0.0601. The lowest BCUT2D eigenvalue weighted by Gasteiger charge is -2.01. The maximum atomic E-state index is 13.2. The van der Waals surface area contributed by atoms with Gasteiger partial charge in [-0.15, -0.1) is 11.3 Å². The highest BCUT2D eigenvalue weighted by Gasteiger charge is 2.25. The number of carbonyl (C=O) groups excluding carboxylic acids is 2. The first-order chi connectivity index (χ1) is 6.16. The van der Waals surface area contributed by atoms with Crippen molar-refractivity contribution in [3.63, 3.8) is 0 Å². The average molecular weight is 200 g/mol. The zero-order chi connectivity index (χ0) is 9.84. The standard InChI is InChI=1S/C9H9FO2S/c1-2-6(11)9(12)8(10)7-4-3-5-13-7/h3-5,8H,2H2,1H3. The Kier molecular flexibility index (Phi) is 3.31. The van der Waals surface area contributed by atoms with Gasteiger partial charge in [-0.2, -0.15) is 0 Å². The molecule has 0 aromatic carbocycles. The Balaban J connectivity index is 2.74. The molecule has 1 rings (SSSR count). The topological polar surface area (TPSA) is 34.1 Å². The van der Waals surface area contributed by atoms with Crippen molar-refractivity contribution in [2.75, 3.05) is 0 Å². The number of hydrogen-bond donors (Lipinski definition) is 0. The van der Waals surface area contributed by atoms with Crippen LogP contribution in [-0.2, 0) is 9.59 Å². The van der Waals surface area contributed by atoms with Gasteiger partial charge in [0.25, 0.3) is 0 Å². The molecule has 1 heterocycles. The Morgan fingerprint density at radius 1 is 1.62 bits per heavy atom. The number of hydrogen-bond acceptors (Lipinski definition) is 3. The molecule has 1 atom stereocenters. The molecule has 1 unspecified atom stereocenters. The summed E-state index contributed by atoms with van der Waals surface area (Å²) < 4.78 is 13.2. The van der Waals surface area contributed by atoms with Crippen LogP contribution in [-0.4, -0.2) is 11.6 Å². The molecule has 2 nitrogen and oxygen atoms in total. The zero-order valence-corrected chi connectivity index (χ0v) is 7.94. The van der Waals surface area contributed by atoms with Crippen molar-refractivity contribution in [1.29, 1.82) is 0 Å². The fourth-order valence-electron chi connectivity index (χ4n) is 0.880. The van der Waals surface area contributed by atoms with E-state index in [-0.39, 0.29) is 6.42 Å². The first-order valence-corrected chi connectivity index (χ1v) is 4.79. The van der Waals surface area contributed by atoms with Gasteiger partial charge >= 0.3 is 0 Å². The molecule has 13 heavy (non-hydrogen) atoms. The van der Waals surface area contributed by atoms with Gasteiger partial charge < -0.3 is 0 Å². The summed E-state index contributed by atoms with van der Waals surface area (Å²) in [6.07, 6.45) is -1.71.